The molecule has 1 fully saturated rings. The number of carbonyl (C=O) groups excluding carboxylic acids is 1. The van der Waals surface area contributed by atoms with Crippen LogP contribution in [-0.4, -0.2) is 28.6 Å². The molecule has 6 heteroatoms. The Hall–Kier alpha value is -2.11. The molecule has 6 nitrogen and oxygen atoms in total. The highest BCUT2D eigenvalue weighted by molar-refractivity contribution is 5.90. The molecule has 1 aromatic heterocycles. The van der Waals surface area contributed by atoms with E-state index in [0.29, 0.717) is 18.2 Å². The van der Waals surface area contributed by atoms with Crippen LogP contribution in [0.15, 0.2) is 18.3 Å². The van der Waals surface area contributed by atoms with Gasteiger partial charge in [0.25, 0.3) is 0 Å². The van der Waals surface area contributed by atoms with E-state index in [9.17, 15) is 9.59 Å². The molecule has 114 valence electrons. The van der Waals surface area contributed by atoms with Crippen molar-refractivity contribution in [2.75, 3.05) is 11.9 Å². The van der Waals surface area contributed by atoms with Gasteiger partial charge in [-0.25, -0.2) is 14.6 Å². The highest BCUT2D eigenvalue weighted by Gasteiger charge is 2.18. The minimum Gasteiger partial charge on any atom is -0.477 e. The van der Waals surface area contributed by atoms with Gasteiger partial charge in [-0.3, -0.25) is 0 Å². The molecule has 1 heterocycles. The predicted octanol–water partition coefficient (Wildman–Crippen LogP) is 2.73. The van der Waals surface area contributed by atoms with Crippen LogP contribution in [0.4, 0.5) is 10.5 Å². The Morgan fingerprint density at radius 2 is 2.00 bits per heavy atom. The summed E-state index contributed by atoms with van der Waals surface area (Å²) in [6.07, 6.45) is 6.13. The van der Waals surface area contributed by atoms with E-state index in [0.717, 1.165) is 18.8 Å². The van der Waals surface area contributed by atoms with Gasteiger partial charge in [0.1, 0.15) is 5.69 Å². The highest BCUT2D eigenvalue weighted by Crippen LogP contribution is 2.27. The predicted molar refractivity (Wildman–Crippen MR) is 79.3 cm³/mol. The second kappa shape index (κ2) is 7.06. The average Bonchev–Trinajstić information content (AvgIpc) is 2.47. The van der Waals surface area contributed by atoms with Gasteiger partial charge in [0, 0.05) is 6.54 Å². The number of hydrogen-bond donors (Lipinski definition) is 3. The van der Waals surface area contributed by atoms with Gasteiger partial charge >= 0.3 is 12.0 Å². The number of hydrogen-bond acceptors (Lipinski definition) is 3. The number of amides is 2. The van der Waals surface area contributed by atoms with Crippen LogP contribution >= 0.6 is 0 Å². The first-order chi connectivity index (χ1) is 10.0. The van der Waals surface area contributed by atoms with Gasteiger partial charge in [-0.1, -0.05) is 19.8 Å². The van der Waals surface area contributed by atoms with E-state index in [2.05, 4.69) is 22.5 Å². The monoisotopic (exact) mass is 291 g/mol. The van der Waals surface area contributed by atoms with E-state index in [1.165, 1.54) is 31.2 Å². The third-order valence-corrected chi connectivity index (χ3v) is 3.93. The van der Waals surface area contributed by atoms with Crippen LogP contribution in [0, 0.1) is 11.8 Å². The third kappa shape index (κ3) is 4.73. The van der Waals surface area contributed by atoms with Gasteiger partial charge in [-0.2, -0.15) is 0 Å². The minimum absolute atomic E-state index is 0.0442. The van der Waals surface area contributed by atoms with Gasteiger partial charge in [-0.15, -0.1) is 0 Å². The number of carbonyl (C=O) groups is 2. The van der Waals surface area contributed by atoms with Crippen molar-refractivity contribution in [1.29, 1.82) is 0 Å². The van der Waals surface area contributed by atoms with E-state index < -0.39 is 5.97 Å². The van der Waals surface area contributed by atoms with Gasteiger partial charge in [-0.05, 0) is 36.8 Å². The number of anilines is 1. The lowest BCUT2D eigenvalue weighted by Crippen LogP contribution is -2.34. The van der Waals surface area contributed by atoms with Gasteiger partial charge in [0.05, 0.1) is 11.9 Å². The van der Waals surface area contributed by atoms with Crippen LogP contribution in [0.1, 0.15) is 43.1 Å². The summed E-state index contributed by atoms with van der Waals surface area (Å²) >= 11 is 0. The molecule has 0 unspecified atom stereocenters. The van der Waals surface area contributed by atoms with Crippen molar-refractivity contribution in [3.63, 3.8) is 0 Å². The topological polar surface area (TPSA) is 91.3 Å². The van der Waals surface area contributed by atoms with Crippen molar-refractivity contribution in [2.24, 2.45) is 11.8 Å². The zero-order valence-electron chi connectivity index (χ0n) is 12.1. The van der Waals surface area contributed by atoms with Crippen molar-refractivity contribution in [2.45, 2.75) is 32.6 Å². The van der Waals surface area contributed by atoms with Crippen LogP contribution < -0.4 is 10.6 Å². The first kappa shape index (κ1) is 15.3. The van der Waals surface area contributed by atoms with Crippen LogP contribution in [0.2, 0.25) is 0 Å². The lowest BCUT2D eigenvalue weighted by molar-refractivity contribution is 0.0690. The summed E-state index contributed by atoms with van der Waals surface area (Å²) < 4.78 is 0. The van der Waals surface area contributed by atoms with Crippen LogP contribution in [0.25, 0.3) is 0 Å². The summed E-state index contributed by atoms with van der Waals surface area (Å²) in [5.41, 5.74) is 0.437. The molecular formula is C15H21N3O3. The summed E-state index contributed by atoms with van der Waals surface area (Å²) in [4.78, 5) is 26.2. The zero-order valence-corrected chi connectivity index (χ0v) is 12.1. The Balaban J connectivity index is 1.75. The Bertz CT molecular complexity index is 493. The molecule has 1 saturated carbocycles. The van der Waals surface area contributed by atoms with E-state index >= 15 is 0 Å². The van der Waals surface area contributed by atoms with Gasteiger partial charge in [0.15, 0.2) is 0 Å². The Morgan fingerprint density at radius 1 is 1.29 bits per heavy atom. The zero-order chi connectivity index (χ0) is 15.2. The molecule has 0 spiro atoms. The van der Waals surface area contributed by atoms with Crippen LogP contribution in [-0.2, 0) is 0 Å². The highest BCUT2D eigenvalue weighted by atomic mass is 16.4. The Labute approximate surface area is 124 Å². The van der Waals surface area contributed by atoms with Gasteiger partial charge in [0.2, 0.25) is 0 Å². The van der Waals surface area contributed by atoms with Gasteiger partial charge < -0.3 is 15.7 Å². The number of pyridine rings is 1. The Morgan fingerprint density at radius 3 is 2.57 bits per heavy atom. The minimum atomic E-state index is -1.09. The summed E-state index contributed by atoms with van der Waals surface area (Å²) in [6, 6.07) is 2.61. The Kier molecular flexibility index (Phi) is 5.14. The first-order valence-corrected chi connectivity index (χ1v) is 7.29. The van der Waals surface area contributed by atoms with Crippen molar-refractivity contribution in [1.82, 2.24) is 10.3 Å². The fraction of sp³-hybridized carbons (Fsp3) is 0.533. The summed E-state index contributed by atoms with van der Waals surface area (Å²) in [5, 5.41) is 14.3. The molecule has 1 aliphatic rings. The number of urea groups is 1. The molecule has 1 aliphatic carbocycles. The molecule has 1 aromatic rings. The van der Waals surface area contributed by atoms with Crippen LogP contribution in [0.5, 0.6) is 0 Å². The normalized spacial score (nSPS) is 21.6. The number of aromatic carboxylic acids is 1. The molecule has 0 atom stereocenters. The van der Waals surface area contributed by atoms with E-state index in [4.69, 9.17) is 5.11 Å². The van der Waals surface area contributed by atoms with Crippen molar-refractivity contribution >= 4 is 17.7 Å². The molecule has 0 aromatic carbocycles. The summed E-state index contributed by atoms with van der Waals surface area (Å²) in [7, 11) is 0. The molecule has 0 saturated heterocycles. The second-order valence-corrected chi connectivity index (χ2v) is 5.70. The van der Waals surface area contributed by atoms with Crippen molar-refractivity contribution in [3.05, 3.63) is 24.0 Å². The molecule has 0 radical (unpaired) electrons. The quantitative estimate of drug-likeness (QED) is 0.795. The molecule has 0 aliphatic heterocycles. The molecule has 21 heavy (non-hydrogen) atoms. The first-order valence-electron chi connectivity index (χ1n) is 7.29. The molecule has 3 N–H and O–H groups in total. The van der Waals surface area contributed by atoms with E-state index in [-0.39, 0.29) is 11.7 Å². The average molecular weight is 291 g/mol. The number of aromatic nitrogens is 1. The fourth-order valence-electron chi connectivity index (χ4n) is 2.54. The summed E-state index contributed by atoms with van der Waals surface area (Å²) in [6.45, 7) is 2.95. The maximum absolute atomic E-state index is 11.8. The van der Waals surface area contributed by atoms with Crippen molar-refractivity contribution in [3.8, 4) is 0 Å². The van der Waals surface area contributed by atoms with Crippen LogP contribution in [0.3, 0.4) is 0 Å². The number of rotatable bonds is 4. The maximum atomic E-state index is 11.8. The van der Waals surface area contributed by atoms with E-state index in [1.807, 2.05) is 0 Å². The number of nitrogens with one attached hydrogen (secondary N) is 2. The summed E-state index contributed by atoms with van der Waals surface area (Å²) in [5.74, 6) is 0.269. The smallest absolute Gasteiger partial charge is 0.354 e. The van der Waals surface area contributed by atoms with E-state index in [1.54, 1.807) is 0 Å². The largest absolute Gasteiger partial charge is 0.477 e. The SMILES string of the molecule is CC1CCC(CNC(=O)Nc2ccc(C(=O)O)nc2)CC1. The lowest BCUT2D eigenvalue weighted by Gasteiger charge is -2.26. The van der Waals surface area contributed by atoms with Crippen molar-refractivity contribution < 1.29 is 14.7 Å². The molecule has 0 bridgehead atoms. The second-order valence-electron chi connectivity index (χ2n) is 5.70. The fourth-order valence-corrected chi connectivity index (χ4v) is 2.54. The molecule has 2 rings (SSSR count). The standard InChI is InChI=1S/C15H21N3O3/c1-10-2-4-11(5-3-10)8-17-15(21)18-12-6-7-13(14(19)20)16-9-12/h6-7,9-11H,2-5,8H2,1H3,(H,19,20)(H2,17,18,21). The number of carboxylic acids is 1. The maximum Gasteiger partial charge on any atom is 0.354 e. The third-order valence-electron chi connectivity index (χ3n) is 3.93. The number of carboxylic acid groups (broad SMARTS) is 1. The number of nitrogens with zero attached hydrogens (tertiary/aromatic N) is 1. The molecular weight excluding hydrogens is 270 g/mol. The molecule has 2 amide bonds. The lowest BCUT2D eigenvalue weighted by atomic mass is 9.83.